The molecule has 8 nitrogen and oxygen atoms in total. The lowest BCUT2D eigenvalue weighted by Gasteiger charge is -2.19. The third kappa shape index (κ3) is 9.07. The van der Waals surface area contributed by atoms with Crippen molar-refractivity contribution in [1.29, 1.82) is 0 Å². The maximum atomic E-state index is 12.4. The minimum atomic E-state index is -0.559. The number of anilines is 1. The van der Waals surface area contributed by atoms with Crippen LogP contribution in [0.5, 0.6) is 0 Å². The quantitative estimate of drug-likeness (QED) is 0.227. The molecular weight excluding hydrogens is 430 g/mol. The van der Waals surface area contributed by atoms with Crippen LogP contribution in [0.3, 0.4) is 0 Å². The van der Waals surface area contributed by atoms with E-state index >= 15 is 0 Å². The molecule has 4 N–H and O–H groups in total. The van der Waals surface area contributed by atoms with E-state index in [2.05, 4.69) is 10.6 Å². The van der Waals surface area contributed by atoms with Gasteiger partial charge in [0, 0.05) is 18.7 Å². The van der Waals surface area contributed by atoms with Gasteiger partial charge in [-0.25, -0.2) is 10.3 Å². The van der Waals surface area contributed by atoms with Crippen LogP contribution in [0, 0.1) is 0 Å². The Labute approximate surface area is 192 Å². The second-order valence-electron chi connectivity index (χ2n) is 8.36. The molecule has 1 aromatic heterocycles. The van der Waals surface area contributed by atoms with Gasteiger partial charge in [-0.05, 0) is 68.3 Å². The Morgan fingerprint density at radius 3 is 2.34 bits per heavy atom. The Balaban J connectivity index is 1.77. The summed E-state index contributed by atoms with van der Waals surface area (Å²) >= 11 is 1.38. The van der Waals surface area contributed by atoms with Gasteiger partial charge in [-0.2, -0.15) is 0 Å². The lowest BCUT2D eigenvalue weighted by Crippen LogP contribution is -2.27. The number of nitrogens with one attached hydrogen (secondary N) is 3. The average molecular weight is 462 g/mol. The summed E-state index contributed by atoms with van der Waals surface area (Å²) in [5, 5.41) is 16.0. The first-order valence-corrected chi connectivity index (χ1v) is 11.5. The van der Waals surface area contributed by atoms with E-state index < -0.39 is 11.7 Å². The Bertz CT molecular complexity index is 903. The van der Waals surface area contributed by atoms with E-state index in [-0.39, 0.29) is 11.8 Å². The number of amides is 3. The van der Waals surface area contributed by atoms with Gasteiger partial charge in [0.05, 0.1) is 4.88 Å². The number of hydrogen-bond acceptors (Lipinski definition) is 6. The number of rotatable bonds is 10. The minimum absolute atomic E-state index is 0.107. The van der Waals surface area contributed by atoms with Crippen LogP contribution in [0.2, 0.25) is 0 Å². The molecular formula is C23H31N3O5S. The van der Waals surface area contributed by atoms with Crippen LogP contribution in [0.15, 0.2) is 35.7 Å². The molecule has 174 valence electrons. The van der Waals surface area contributed by atoms with E-state index in [1.807, 2.05) is 44.4 Å². The molecule has 0 saturated heterocycles. The Hall–Kier alpha value is -2.91. The van der Waals surface area contributed by atoms with Gasteiger partial charge in [0.2, 0.25) is 5.91 Å². The summed E-state index contributed by atoms with van der Waals surface area (Å²) in [5.41, 5.74) is 3.57. The number of unbranched alkanes of at least 4 members (excludes halogenated alkanes) is 3. The van der Waals surface area contributed by atoms with Crippen molar-refractivity contribution in [3.05, 3.63) is 40.6 Å². The molecule has 0 spiro atoms. The molecule has 32 heavy (non-hydrogen) atoms. The topological polar surface area (TPSA) is 117 Å². The van der Waals surface area contributed by atoms with Gasteiger partial charge >= 0.3 is 6.09 Å². The third-order valence-corrected chi connectivity index (χ3v) is 5.36. The van der Waals surface area contributed by atoms with Gasteiger partial charge in [-0.15, -0.1) is 11.3 Å². The Kier molecular flexibility index (Phi) is 9.67. The first-order valence-electron chi connectivity index (χ1n) is 10.6. The summed E-state index contributed by atoms with van der Waals surface area (Å²) in [6, 6.07) is 9.20. The predicted molar refractivity (Wildman–Crippen MR) is 125 cm³/mol. The van der Waals surface area contributed by atoms with E-state index in [1.165, 1.54) is 11.3 Å². The van der Waals surface area contributed by atoms with Crippen molar-refractivity contribution in [3.8, 4) is 11.1 Å². The van der Waals surface area contributed by atoms with E-state index in [0.29, 0.717) is 30.0 Å². The molecule has 0 aliphatic carbocycles. The van der Waals surface area contributed by atoms with E-state index in [0.717, 1.165) is 30.4 Å². The number of hydrogen-bond donors (Lipinski definition) is 4. The molecule has 0 bridgehead atoms. The van der Waals surface area contributed by atoms with Crippen LogP contribution in [0.1, 0.15) is 62.5 Å². The van der Waals surface area contributed by atoms with Crippen molar-refractivity contribution < 1.29 is 24.3 Å². The number of carbonyl (C=O) groups excluding carboxylic acids is 3. The maximum Gasteiger partial charge on any atom is 0.412 e. The molecule has 0 aliphatic rings. The van der Waals surface area contributed by atoms with E-state index in [9.17, 15) is 14.4 Å². The molecule has 0 fully saturated rings. The molecule has 3 amide bonds. The standard InChI is InChI=1S/C23H31N3O5S/c1-23(2,3)31-22(29)25-18-11-9-16(10-12-18)17-14-19(32-15-17)21(28)24-13-7-5-4-6-8-20(27)26-30/h9-12,14-15,30H,4-8,13H2,1-3H3,(H,24,28)(H,25,29)(H,26,27). The average Bonchev–Trinajstić information content (AvgIpc) is 3.22. The fraction of sp³-hybridized carbons (Fsp3) is 0.435. The van der Waals surface area contributed by atoms with Crippen LogP contribution in [0.4, 0.5) is 10.5 Å². The van der Waals surface area contributed by atoms with Crippen LogP contribution >= 0.6 is 11.3 Å². The molecule has 2 rings (SSSR count). The van der Waals surface area contributed by atoms with E-state index in [1.54, 1.807) is 17.6 Å². The van der Waals surface area contributed by atoms with Crippen molar-refractivity contribution in [2.45, 2.75) is 58.5 Å². The smallest absolute Gasteiger partial charge is 0.412 e. The first-order chi connectivity index (χ1) is 15.2. The zero-order valence-electron chi connectivity index (χ0n) is 18.7. The van der Waals surface area contributed by atoms with Gasteiger partial charge in [0.15, 0.2) is 0 Å². The molecule has 1 aromatic carbocycles. The zero-order chi connectivity index (χ0) is 23.6. The number of ether oxygens (including phenoxy) is 1. The number of carbonyl (C=O) groups is 3. The fourth-order valence-corrected chi connectivity index (χ4v) is 3.72. The van der Waals surface area contributed by atoms with Crippen LogP contribution in [-0.2, 0) is 9.53 Å². The van der Waals surface area contributed by atoms with Crippen molar-refractivity contribution in [1.82, 2.24) is 10.8 Å². The summed E-state index contributed by atoms with van der Waals surface area (Å²) in [7, 11) is 0. The highest BCUT2D eigenvalue weighted by Gasteiger charge is 2.16. The highest BCUT2D eigenvalue weighted by atomic mass is 32.1. The summed E-state index contributed by atoms with van der Waals surface area (Å²) in [5.74, 6) is -0.482. The van der Waals surface area contributed by atoms with Crippen LogP contribution in [-0.4, -0.2) is 35.3 Å². The lowest BCUT2D eigenvalue weighted by atomic mass is 10.1. The molecule has 0 radical (unpaired) electrons. The SMILES string of the molecule is CC(C)(C)OC(=O)Nc1ccc(-c2csc(C(=O)NCCCCCCC(=O)NO)c2)cc1. The molecule has 2 aromatic rings. The number of hydroxylamine groups is 1. The highest BCUT2D eigenvalue weighted by molar-refractivity contribution is 7.12. The van der Waals surface area contributed by atoms with Gasteiger partial charge in [-0.1, -0.05) is 25.0 Å². The summed E-state index contributed by atoms with van der Waals surface area (Å²) < 4.78 is 5.24. The van der Waals surface area contributed by atoms with Crippen molar-refractivity contribution in [2.75, 3.05) is 11.9 Å². The van der Waals surface area contributed by atoms with E-state index in [4.69, 9.17) is 9.94 Å². The second kappa shape index (κ2) is 12.2. The normalized spacial score (nSPS) is 11.0. The highest BCUT2D eigenvalue weighted by Crippen LogP contribution is 2.27. The Morgan fingerprint density at radius 2 is 1.69 bits per heavy atom. The van der Waals surface area contributed by atoms with Gasteiger partial charge in [-0.3, -0.25) is 20.1 Å². The van der Waals surface area contributed by atoms with Crippen molar-refractivity contribution in [3.63, 3.8) is 0 Å². The van der Waals surface area contributed by atoms with Gasteiger partial charge < -0.3 is 10.1 Å². The van der Waals surface area contributed by atoms with Crippen molar-refractivity contribution in [2.24, 2.45) is 0 Å². The molecule has 9 heteroatoms. The van der Waals surface area contributed by atoms with Crippen molar-refractivity contribution >= 4 is 34.9 Å². The largest absolute Gasteiger partial charge is 0.444 e. The summed E-state index contributed by atoms with van der Waals surface area (Å²) in [6.07, 6.45) is 3.11. The molecule has 1 heterocycles. The van der Waals surface area contributed by atoms with Crippen LogP contribution < -0.4 is 16.1 Å². The molecule has 0 unspecified atom stereocenters. The zero-order valence-corrected chi connectivity index (χ0v) is 19.5. The molecule has 0 saturated carbocycles. The summed E-state index contributed by atoms with van der Waals surface area (Å²) in [6.45, 7) is 6.00. The monoisotopic (exact) mass is 461 g/mol. The molecule has 0 aliphatic heterocycles. The third-order valence-electron chi connectivity index (χ3n) is 4.43. The summed E-state index contributed by atoms with van der Waals surface area (Å²) in [4.78, 5) is 35.8. The first kappa shape index (κ1) is 25.4. The van der Waals surface area contributed by atoms with Crippen LogP contribution in [0.25, 0.3) is 11.1 Å². The Morgan fingerprint density at radius 1 is 1.00 bits per heavy atom. The predicted octanol–water partition coefficient (Wildman–Crippen LogP) is 4.95. The number of benzene rings is 1. The van der Waals surface area contributed by atoms with Gasteiger partial charge in [0.25, 0.3) is 5.91 Å². The van der Waals surface area contributed by atoms with Gasteiger partial charge in [0.1, 0.15) is 5.60 Å². The molecule has 0 atom stereocenters. The fourth-order valence-electron chi connectivity index (χ4n) is 2.88. The second-order valence-corrected chi connectivity index (χ2v) is 9.27. The minimum Gasteiger partial charge on any atom is -0.444 e. The lowest BCUT2D eigenvalue weighted by molar-refractivity contribution is -0.129. The maximum absolute atomic E-state index is 12.4. The number of thiophene rings is 1.